The first kappa shape index (κ1) is 16.9. The molecule has 0 aromatic heterocycles. The van der Waals surface area contributed by atoms with Crippen LogP contribution in [0.4, 0.5) is 4.79 Å². The molecule has 0 saturated heterocycles. The Labute approximate surface area is 121 Å². The highest BCUT2D eigenvalue weighted by molar-refractivity contribution is 5.95. The Morgan fingerprint density at radius 2 is 1.95 bits per heavy atom. The summed E-state index contributed by atoms with van der Waals surface area (Å²) in [5.74, 6) is -0.291. The summed E-state index contributed by atoms with van der Waals surface area (Å²) in [5, 5.41) is 4.85. The summed E-state index contributed by atoms with van der Waals surface area (Å²) in [7, 11) is 3.62. The van der Waals surface area contributed by atoms with Crippen LogP contribution >= 0.6 is 0 Å². The van der Waals surface area contributed by atoms with Gasteiger partial charge in [0.2, 0.25) is 5.91 Å². The van der Waals surface area contributed by atoms with Crippen LogP contribution in [0.5, 0.6) is 0 Å². The van der Waals surface area contributed by atoms with E-state index in [1.807, 2.05) is 11.9 Å². The quantitative estimate of drug-likeness (QED) is 0.789. The van der Waals surface area contributed by atoms with E-state index in [0.29, 0.717) is 6.54 Å². The fourth-order valence-electron chi connectivity index (χ4n) is 2.87. The van der Waals surface area contributed by atoms with E-state index in [-0.39, 0.29) is 29.5 Å². The highest BCUT2D eigenvalue weighted by Gasteiger charge is 2.59. The van der Waals surface area contributed by atoms with Crippen LogP contribution in [0, 0.1) is 5.41 Å². The molecule has 1 rings (SSSR count). The molecule has 0 spiro atoms. The Hall–Kier alpha value is -1.14. The molecular formula is C14H27N3O3. The van der Waals surface area contributed by atoms with Crippen LogP contribution in [-0.2, 0) is 9.53 Å². The third kappa shape index (κ3) is 3.12. The van der Waals surface area contributed by atoms with E-state index in [1.54, 1.807) is 14.0 Å². The van der Waals surface area contributed by atoms with Crippen molar-refractivity contribution in [1.29, 1.82) is 0 Å². The Morgan fingerprint density at radius 1 is 1.35 bits per heavy atom. The van der Waals surface area contributed by atoms with Gasteiger partial charge in [0.05, 0.1) is 12.1 Å². The van der Waals surface area contributed by atoms with Gasteiger partial charge in [-0.3, -0.25) is 15.0 Å². The second-order valence-electron chi connectivity index (χ2n) is 6.20. The largest absolute Gasteiger partial charge is 0.378 e. The van der Waals surface area contributed by atoms with Crippen molar-refractivity contribution in [1.82, 2.24) is 15.5 Å². The zero-order chi connectivity index (χ0) is 15.6. The number of hydrogen-bond donors (Lipinski definition) is 2. The highest BCUT2D eigenvalue weighted by atomic mass is 16.5. The summed E-state index contributed by atoms with van der Waals surface area (Å²) in [4.78, 5) is 25.0. The zero-order valence-electron chi connectivity index (χ0n) is 13.4. The molecule has 3 amide bonds. The van der Waals surface area contributed by atoms with E-state index in [2.05, 4.69) is 31.4 Å². The number of nitrogens with zero attached hydrogens (tertiary/aromatic N) is 1. The lowest BCUT2D eigenvalue weighted by Crippen LogP contribution is -2.68. The number of ether oxygens (including phenoxy) is 1. The van der Waals surface area contributed by atoms with Crippen molar-refractivity contribution in [2.75, 3.05) is 27.2 Å². The minimum Gasteiger partial charge on any atom is -0.378 e. The van der Waals surface area contributed by atoms with E-state index < -0.39 is 6.03 Å². The van der Waals surface area contributed by atoms with Gasteiger partial charge in [-0.15, -0.1) is 0 Å². The summed E-state index contributed by atoms with van der Waals surface area (Å²) in [6, 6.07) is -0.187. The van der Waals surface area contributed by atoms with Crippen molar-refractivity contribution in [3.05, 3.63) is 0 Å². The number of carbonyl (C=O) groups excluding carboxylic acids is 2. The highest BCUT2D eigenvalue weighted by Crippen LogP contribution is 2.53. The van der Waals surface area contributed by atoms with E-state index in [0.717, 1.165) is 6.42 Å². The first-order chi connectivity index (χ1) is 9.17. The van der Waals surface area contributed by atoms with Gasteiger partial charge in [-0.1, -0.05) is 13.8 Å². The van der Waals surface area contributed by atoms with Crippen molar-refractivity contribution in [3.8, 4) is 0 Å². The normalized spacial score (nSPS) is 27.9. The smallest absolute Gasteiger partial charge is 0.321 e. The molecule has 20 heavy (non-hydrogen) atoms. The Morgan fingerprint density at radius 3 is 2.40 bits per heavy atom. The molecule has 2 N–H and O–H groups in total. The third-order valence-corrected chi connectivity index (χ3v) is 4.74. The topological polar surface area (TPSA) is 70.7 Å². The van der Waals surface area contributed by atoms with Crippen LogP contribution in [0.2, 0.25) is 0 Å². The molecule has 0 bridgehead atoms. The molecule has 116 valence electrons. The molecule has 1 fully saturated rings. The number of rotatable bonds is 5. The monoisotopic (exact) mass is 285 g/mol. The molecule has 0 aliphatic heterocycles. The van der Waals surface area contributed by atoms with Gasteiger partial charge in [-0.2, -0.15) is 0 Å². The fraction of sp³-hybridized carbons (Fsp3) is 0.857. The Bertz CT molecular complexity index is 384. The standard InChI is InChI=1S/C14H27N3O3/c1-7-15-12(19)16-11(18)9-17(5)10-8-14(4,20-6)13(10,2)3/h10H,7-9H2,1-6H3,(H2,15,16,18,19)/t10-,14+/m1/s1. The van der Waals surface area contributed by atoms with Crippen LogP contribution in [0.25, 0.3) is 0 Å². The number of methoxy groups -OCH3 is 1. The number of hydrogen-bond acceptors (Lipinski definition) is 4. The third-order valence-electron chi connectivity index (χ3n) is 4.74. The number of urea groups is 1. The zero-order valence-corrected chi connectivity index (χ0v) is 13.4. The lowest BCUT2D eigenvalue weighted by molar-refractivity contribution is -0.205. The fourth-order valence-corrected chi connectivity index (χ4v) is 2.87. The minimum absolute atomic E-state index is 0.0392. The van der Waals surface area contributed by atoms with Crippen LogP contribution in [0.1, 0.15) is 34.1 Å². The average Bonchev–Trinajstić information content (AvgIpc) is 2.34. The van der Waals surface area contributed by atoms with E-state index in [1.165, 1.54) is 0 Å². The first-order valence-corrected chi connectivity index (χ1v) is 7.01. The van der Waals surface area contributed by atoms with E-state index in [9.17, 15) is 9.59 Å². The number of nitrogens with one attached hydrogen (secondary N) is 2. The van der Waals surface area contributed by atoms with Gasteiger partial charge >= 0.3 is 6.03 Å². The van der Waals surface area contributed by atoms with Gasteiger partial charge in [0.1, 0.15) is 0 Å². The van der Waals surface area contributed by atoms with Crippen LogP contribution < -0.4 is 10.6 Å². The van der Waals surface area contributed by atoms with Crippen LogP contribution in [0.15, 0.2) is 0 Å². The molecule has 0 heterocycles. The van der Waals surface area contributed by atoms with E-state index >= 15 is 0 Å². The maximum absolute atomic E-state index is 11.8. The molecule has 1 saturated carbocycles. The maximum atomic E-state index is 11.8. The van der Waals surface area contributed by atoms with Gasteiger partial charge < -0.3 is 10.1 Å². The van der Waals surface area contributed by atoms with Gasteiger partial charge in [-0.05, 0) is 27.3 Å². The molecule has 6 nitrogen and oxygen atoms in total. The predicted octanol–water partition coefficient (Wildman–Crippen LogP) is 0.968. The van der Waals surface area contributed by atoms with Crippen molar-refractivity contribution < 1.29 is 14.3 Å². The van der Waals surface area contributed by atoms with Crippen molar-refractivity contribution in [2.24, 2.45) is 5.41 Å². The van der Waals surface area contributed by atoms with Crippen molar-refractivity contribution in [3.63, 3.8) is 0 Å². The lowest BCUT2D eigenvalue weighted by atomic mass is 9.55. The number of imide groups is 1. The SMILES string of the molecule is CCNC(=O)NC(=O)CN(C)[C@@H]1C[C@](C)(OC)C1(C)C. The number of carbonyl (C=O) groups is 2. The van der Waals surface area contributed by atoms with Crippen molar-refractivity contribution >= 4 is 11.9 Å². The molecular weight excluding hydrogens is 258 g/mol. The second-order valence-corrected chi connectivity index (χ2v) is 6.20. The molecule has 6 heteroatoms. The summed E-state index contributed by atoms with van der Waals surface area (Å²) in [6.07, 6.45) is 0.876. The summed E-state index contributed by atoms with van der Waals surface area (Å²) < 4.78 is 5.58. The number of amides is 3. The summed E-state index contributed by atoms with van der Waals surface area (Å²) in [5.41, 5.74) is -0.204. The molecule has 0 aromatic carbocycles. The average molecular weight is 285 g/mol. The van der Waals surface area contributed by atoms with Gasteiger partial charge in [-0.25, -0.2) is 4.79 Å². The Kier molecular flexibility index (Phi) is 5.15. The number of likely N-dealkylation sites (N-methyl/N-ethyl adjacent to an activating group) is 1. The summed E-state index contributed by atoms with van der Waals surface area (Å²) >= 11 is 0. The Balaban J connectivity index is 2.51. The van der Waals surface area contributed by atoms with Gasteiger partial charge in [0.15, 0.2) is 0 Å². The molecule has 0 unspecified atom stereocenters. The lowest BCUT2D eigenvalue weighted by Gasteiger charge is -2.61. The van der Waals surface area contributed by atoms with Gasteiger partial charge in [0, 0.05) is 25.1 Å². The van der Waals surface area contributed by atoms with Crippen molar-refractivity contribution in [2.45, 2.75) is 45.8 Å². The molecule has 0 radical (unpaired) electrons. The second kappa shape index (κ2) is 6.10. The molecule has 2 atom stereocenters. The summed E-state index contributed by atoms with van der Waals surface area (Å²) in [6.45, 7) is 8.87. The first-order valence-electron chi connectivity index (χ1n) is 7.01. The van der Waals surface area contributed by atoms with Crippen LogP contribution in [0.3, 0.4) is 0 Å². The predicted molar refractivity (Wildman–Crippen MR) is 77.4 cm³/mol. The molecule has 0 aromatic rings. The van der Waals surface area contributed by atoms with Crippen LogP contribution in [-0.4, -0.2) is 55.7 Å². The molecule has 1 aliphatic rings. The van der Waals surface area contributed by atoms with Gasteiger partial charge in [0.25, 0.3) is 0 Å². The minimum atomic E-state index is -0.444. The maximum Gasteiger partial charge on any atom is 0.321 e. The van der Waals surface area contributed by atoms with E-state index in [4.69, 9.17) is 4.74 Å². The molecule has 1 aliphatic carbocycles.